The molecule has 3 nitrogen and oxygen atoms in total. The maximum atomic E-state index is 4.35. The molecule has 1 aromatic rings. The molecule has 3 heteroatoms. The van der Waals surface area contributed by atoms with Crippen LogP contribution in [0.5, 0.6) is 0 Å². The monoisotopic (exact) mass is 209 g/mol. The molecule has 1 heterocycles. The Morgan fingerprint density at radius 2 is 2.20 bits per heavy atom. The van der Waals surface area contributed by atoms with Crippen LogP contribution in [-0.4, -0.2) is 16.3 Å². The third kappa shape index (κ3) is 3.67. The second-order valence-corrected chi connectivity index (χ2v) is 4.23. The lowest BCUT2D eigenvalue weighted by Gasteiger charge is -2.12. The quantitative estimate of drug-likeness (QED) is 0.730. The van der Waals surface area contributed by atoms with Crippen LogP contribution in [-0.2, 0) is 7.05 Å². The van der Waals surface area contributed by atoms with E-state index in [0.717, 1.165) is 12.2 Å². The summed E-state index contributed by atoms with van der Waals surface area (Å²) >= 11 is 0. The molecule has 1 atom stereocenters. The van der Waals surface area contributed by atoms with Crippen LogP contribution in [0.1, 0.15) is 50.4 Å². The van der Waals surface area contributed by atoms with E-state index in [-0.39, 0.29) is 0 Å². The first-order valence-electron chi connectivity index (χ1n) is 5.88. The molecule has 0 aliphatic carbocycles. The lowest BCUT2D eigenvalue weighted by molar-refractivity contribution is 0.542. The van der Waals surface area contributed by atoms with Gasteiger partial charge in [0.25, 0.3) is 0 Å². The molecular weight excluding hydrogens is 186 g/mol. The minimum Gasteiger partial charge on any atom is -0.310 e. The van der Waals surface area contributed by atoms with Gasteiger partial charge in [-0.3, -0.25) is 4.68 Å². The fourth-order valence-corrected chi connectivity index (χ4v) is 1.85. The number of nitrogens with zero attached hydrogens (tertiary/aromatic N) is 2. The standard InChI is InChI=1S/C12H23N3/c1-5-6-7-8-13-10(2)12-9-15(4)14-11(12)3/h9-10,13H,5-8H2,1-4H3. The molecular formula is C12H23N3. The fourth-order valence-electron chi connectivity index (χ4n) is 1.85. The van der Waals surface area contributed by atoms with E-state index in [2.05, 4.69) is 37.4 Å². The summed E-state index contributed by atoms with van der Waals surface area (Å²) in [5, 5.41) is 7.89. The van der Waals surface area contributed by atoms with E-state index in [1.54, 1.807) is 0 Å². The van der Waals surface area contributed by atoms with Crippen molar-refractivity contribution in [3.8, 4) is 0 Å². The zero-order valence-corrected chi connectivity index (χ0v) is 10.4. The second-order valence-electron chi connectivity index (χ2n) is 4.23. The maximum absolute atomic E-state index is 4.35. The number of aryl methyl sites for hydroxylation is 2. The van der Waals surface area contributed by atoms with E-state index in [9.17, 15) is 0 Å². The van der Waals surface area contributed by atoms with Crippen LogP contribution in [0.15, 0.2) is 6.20 Å². The minimum absolute atomic E-state index is 0.413. The molecule has 86 valence electrons. The van der Waals surface area contributed by atoms with Gasteiger partial charge in [0.05, 0.1) is 5.69 Å². The number of nitrogens with one attached hydrogen (secondary N) is 1. The van der Waals surface area contributed by atoms with Crippen molar-refractivity contribution in [3.63, 3.8) is 0 Å². The first kappa shape index (κ1) is 12.2. The van der Waals surface area contributed by atoms with Gasteiger partial charge in [0.1, 0.15) is 0 Å². The van der Waals surface area contributed by atoms with Crippen LogP contribution in [0.3, 0.4) is 0 Å². The third-order valence-corrected chi connectivity index (χ3v) is 2.75. The third-order valence-electron chi connectivity index (χ3n) is 2.75. The Bertz CT molecular complexity index is 291. The van der Waals surface area contributed by atoms with Crippen molar-refractivity contribution < 1.29 is 0 Å². The molecule has 0 bridgehead atoms. The van der Waals surface area contributed by atoms with Gasteiger partial charge >= 0.3 is 0 Å². The van der Waals surface area contributed by atoms with E-state index >= 15 is 0 Å². The molecule has 0 amide bonds. The maximum Gasteiger partial charge on any atom is 0.0641 e. The van der Waals surface area contributed by atoms with Crippen molar-refractivity contribution in [2.75, 3.05) is 6.54 Å². The summed E-state index contributed by atoms with van der Waals surface area (Å²) in [5.74, 6) is 0. The summed E-state index contributed by atoms with van der Waals surface area (Å²) in [6, 6.07) is 0.413. The summed E-state index contributed by atoms with van der Waals surface area (Å²) < 4.78 is 1.88. The molecule has 0 spiro atoms. The highest BCUT2D eigenvalue weighted by atomic mass is 15.3. The van der Waals surface area contributed by atoms with Gasteiger partial charge in [-0.05, 0) is 26.8 Å². The van der Waals surface area contributed by atoms with Gasteiger partial charge in [-0.15, -0.1) is 0 Å². The molecule has 0 saturated heterocycles. The summed E-state index contributed by atoms with van der Waals surface area (Å²) in [7, 11) is 1.97. The van der Waals surface area contributed by atoms with E-state index in [4.69, 9.17) is 0 Å². The number of aromatic nitrogens is 2. The van der Waals surface area contributed by atoms with E-state index < -0.39 is 0 Å². The second kappa shape index (κ2) is 5.91. The Hall–Kier alpha value is -0.830. The van der Waals surface area contributed by atoms with Crippen LogP contribution < -0.4 is 5.32 Å². The zero-order chi connectivity index (χ0) is 11.3. The molecule has 0 aromatic carbocycles. The summed E-state index contributed by atoms with van der Waals surface area (Å²) in [6.45, 7) is 7.60. The summed E-state index contributed by atoms with van der Waals surface area (Å²) in [4.78, 5) is 0. The molecule has 1 N–H and O–H groups in total. The van der Waals surface area contributed by atoms with Gasteiger partial charge in [0.2, 0.25) is 0 Å². The average molecular weight is 209 g/mol. The molecule has 1 aromatic heterocycles. The molecule has 1 rings (SSSR count). The average Bonchev–Trinajstić information content (AvgIpc) is 2.52. The number of hydrogen-bond acceptors (Lipinski definition) is 2. The molecule has 0 aliphatic heterocycles. The van der Waals surface area contributed by atoms with Crippen LogP contribution in [0, 0.1) is 6.92 Å². The molecule has 0 saturated carbocycles. The van der Waals surface area contributed by atoms with Crippen LogP contribution in [0.25, 0.3) is 0 Å². The Morgan fingerprint density at radius 3 is 2.73 bits per heavy atom. The SMILES string of the molecule is CCCCCNC(C)c1cn(C)nc1C. The van der Waals surface area contributed by atoms with Gasteiger partial charge < -0.3 is 5.32 Å². The topological polar surface area (TPSA) is 29.9 Å². The lowest BCUT2D eigenvalue weighted by Crippen LogP contribution is -2.20. The van der Waals surface area contributed by atoms with Crippen molar-refractivity contribution in [1.29, 1.82) is 0 Å². The van der Waals surface area contributed by atoms with E-state index in [1.807, 2.05) is 11.7 Å². The van der Waals surface area contributed by atoms with Crippen molar-refractivity contribution in [2.24, 2.45) is 7.05 Å². The van der Waals surface area contributed by atoms with Crippen LogP contribution >= 0.6 is 0 Å². The van der Waals surface area contributed by atoms with E-state index in [0.29, 0.717) is 6.04 Å². The van der Waals surface area contributed by atoms with Crippen LogP contribution in [0.4, 0.5) is 0 Å². The molecule has 15 heavy (non-hydrogen) atoms. The summed E-state index contributed by atoms with van der Waals surface area (Å²) in [5.41, 5.74) is 2.45. The van der Waals surface area contributed by atoms with E-state index in [1.165, 1.54) is 24.8 Å². The van der Waals surface area contributed by atoms with Gasteiger partial charge in [0, 0.05) is 24.8 Å². The predicted molar refractivity (Wildman–Crippen MR) is 63.9 cm³/mol. The fraction of sp³-hybridized carbons (Fsp3) is 0.750. The Labute approximate surface area is 92.9 Å². The Kier molecular flexibility index (Phi) is 4.82. The number of rotatable bonds is 6. The minimum atomic E-state index is 0.413. The summed E-state index contributed by atoms with van der Waals surface area (Å²) in [6.07, 6.45) is 5.96. The first-order valence-corrected chi connectivity index (χ1v) is 5.88. The van der Waals surface area contributed by atoms with Crippen molar-refractivity contribution in [1.82, 2.24) is 15.1 Å². The predicted octanol–water partition coefficient (Wildman–Crippen LogP) is 2.57. The normalized spacial score (nSPS) is 13.1. The highest BCUT2D eigenvalue weighted by Gasteiger charge is 2.10. The highest BCUT2D eigenvalue weighted by Crippen LogP contribution is 2.15. The largest absolute Gasteiger partial charge is 0.310 e. The smallest absolute Gasteiger partial charge is 0.0641 e. The van der Waals surface area contributed by atoms with Crippen molar-refractivity contribution in [3.05, 3.63) is 17.5 Å². The van der Waals surface area contributed by atoms with Gasteiger partial charge in [-0.25, -0.2) is 0 Å². The van der Waals surface area contributed by atoms with Gasteiger partial charge in [0.15, 0.2) is 0 Å². The van der Waals surface area contributed by atoms with Crippen molar-refractivity contribution >= 4 is 0 Å². The lowest BCUT2D eigenvalue weighted by atomic mass is 10.1. The van der Waals surface area contributed by atoms with Gasteiger partial charge in [-0.2, -0.15) is 5.10 Å². The van der Waals surface area contributed by atoms with Gasteiger partial charge in [-0.1, -0.05) is 19.8 Å². The Balaban J connectivity index is 2.39. The Morgan fingerprint density at radius 1 is 1.47 bits per heavy atom. The highest BCUT2D eigenvalue weighted by molar-refractivity contribution is 5.19. The first-order chi connectivity index (χ1) is 7.15. The van der Waals surface area contributed by atoms with Crippen LogP contribution in [0.2, 0.25) is 0 Å². The number of hydrogen-bond donors (Lipinski definition) is 1. The molecule has 1 unspecified atom stereocenters. The molecule has 0 fully saturated rings. The number of unbranched alkanes of at least 4 members (excludes halogenated alkanes) is 2. The molecule has 0 radical (unpaired) electrons. The zero-order valence-electron chi connectivity index (χ0n) is 10.4. The van der Waals surface area contributed by atoms with Crippen molar-refractivity contribution in [2.45, 2.75) is 46.1 Å². The molecule has 0 aliphatic rings.